The van der Waals surface area contributed by atoms with E-state index in [9.17, 15) is 5.11 Å². The molecular weight excluding hydrogens is 218 g/mol. The number of ether oxygens (including phenoxy) is 1. The van der Waals surface area contributed by atoms with Crippen molar-refractivity contribution in [3.05, 3.63) is 35.5 Å². The molecule has 1 aromatic heterocycles. The van der Waals surface area contributed by atoms with Crippen LogP contribution >= 0.6 is 0 Å². The number of aromatic hydroxyl groups is 1. The van der Waals surface area contributed by atoms with Crippen LogP contribution in [0.25, 0.3) is 5.69 Å². The van der Waals surface area contributed by atoms with Crippen LogP contribution < -0.4 is 5.73 Å². The smallest absolute Gasteiger partial charge is 0.133 e. The zero-order valence-electron chi connectivity index (χ0n) is 9.26. The molecule has 1 aromatic carbocycles. The second kappa shape index (κ2) is 3.78. The summed E-state index contributed by atoms with van der Waals surface area (Å²) in [4.78, 5) is 0. The van der Waals surface area contributed by atoms with Gasteiger partial charge >= 0.3 is 0 Å². The van der Waals surface area contributed by atoms with Crippen molar-refractivity contribution in [2.45, 2.75) is 13.0 Å². The number of hydrogen-bond donors (Lipinski definition) is 2. The molecule has 2 heterocycles. The quantitative estimate of drug-likeness (QED) is 0.774. The van der Waals surface area contributed by atoms with Gasteiger partial charge in [-0.3, -0.25) is 0 Å². The highest BCUT2D eigenvalue weighted by Crippen LogP contribution is 2.26. The van der Waals surface area contributed by atoms with Crippen molar-refractivity contribution in [1.29, 1.82) is 0 Å². The van der Waals surface area contributed by atoms with Crippen molar-refractivity contribution >= 4 is 5.82 Å². The summed E-state index contributed by atoms with van der Waals surface area (Å²) in [6.07, 6.45) is 0.783. The summed E-state index contributed by atoms with van der Waals surface area (Å²) in [7, 11) is 0. The van der Waals surface area contributed by atoms with Crippen molar-refractivity contribution in [3.63, 3.8) is 0 Å². The van der Waals surface area contributed by atoms with E-state index >= 15 is 0 Å². The number of phenolic OH excluding ortho intramolecular Hbond substituents is 1. The molecule has 0 atom stereocenters. The van der Waals surface area contributed by atoms with Crippen molar-refractivity contribution in [2.75, 3.05) is 12.3 Å². The van der Waals surface area contributed by atoms with Gasteiger partial charge in [-0.25, -0.2) is 4.68 Å². The minimum absolute atomic E-state index is 0.201. The van der Waals surface area contributed by atoms with Crippen LogP contribution in [0.3, 0.4) is 0 Å². The van der Waals surface area contributed by atoms with Crippen LogP contribution in [0.2, 0.25) is 0 Å². The SMILES string of the molecule is Nc1c2c(nn1-c1cccc(O)c1)CCOC2. The number of benzene rings is 1. The fraction of sp³-hybridized carbons (Fsp3) is 0.250. The Labute approximate surface area is 98.4 Å². The Bertz CT molecular complexity index is 563. The highest BCUT2D eigenvalue weighted by molar-refractivity contribution is 5.51. The van der Waals surface area contributed by atoms with Gasteiger partial charge in [-0.1, -0.05) is 6.07 Å². The molecule has 0 unspecified atom stereocenters. The first-order valence-corrected chi connectivity index (χ1v) is 5.49. The van der Waals surface area contributed by atoms with E-state index in [4.69, 9.17) is 10.5 Å². The van der Waals surface area contributed by atoms with E-state index in [1.807, 2.05) is 6.07 Å². The lowest BCUT2D eigenvalue weighted by atomic mass is 10.1. The lowest BCUT2D eigenvalue weighted by Gasteiger charge is -2.10. The van der Waals surface area contributed by atoms with Crippen LogP contribution in [0, 0.1) is 0 Å². The molecule has 0 saturated carbocycles. The molecule has 3 N–H and O–H groups in total. The Morgan fingerprint density at radius 3 is 3.06 bits per heavy atom. The molecule has 0 amide bonds. The van der Waals surface area contributed by atoms with Gasteiger partial charge in [-0.15, -0.1) is 0 Å². The van der Waals surface area contributed by atoms with Crippen LogP contribution in [-0.2, 0) is 17.8 Å². The number of nitrogens with zero attached hydrogens (tertiary/aromatic N) is 2. The Morgan fingerprint density at radius 2 is 2.29 bits per heavy atom. The summed E-state index contributed by atoms with van der Waals surface area (Å²) in [5.41, 5.74) is 8.75. The zero-order chi connectivity index (χ0) is 11.8. The Kier molecular flexibility index (Phi) is 2.26. The summed E-state index contributed by atoms with van der Waals surface area (Å²) in [6, 6.07) is 6.87. The second-order valence-corrected chi connectivity index (χ2v) is 4.04. The number of nitrogens with two attached hydrogens (primary N) is 1. The molecule has 0 aliphatic carbocycles. The fourth-order valence-corrected chi connectivity index (χ4v) is 2.03. The second-order valence-electron chi connectivity index (χ2n) is 4.04. The van der Waals surface area contributed by atoms with Crippen molar-refractivity contribution in [2.24, 2.45) is 0 Å². The van der Waals surface area contributed by atoms with E-state index in [-0.39, 0.29) is 5.75 Å². The van der Waals surface area contributed by atoms with Gasteiger partial charge in [0.1, 0.15) is 11.6 Å². The van der Waals surface area contributed by atoms with E-state index in [2.05, 4.69) is 5.10 Å². The first-order valence-electron chi connectivity index (χ1n) is 5.49. The van der Waals surface area contributed by atoms with E-state index in [1.54, 1.807) is 22.9 Å². The largest absolute Gasteiger partial charge is 0.508 e. The van der Waals surface area contributed by atoms with E-state index in [1.165, 1.54) is 0 Å². The van der Waals surface area contributed by atoms with Gasteiger partial charge < -0.3 is 15.6 Å². The summed E-state index contributed by atoms with van der Waals surface area (Å²) in [5.74, 6) is 0.789. The number of nitrogen functional groups attached to an aromatic ring is 1. The molecule has 1 aliphatic rings. The van der Waals surface area contributed by atoms with Crippen molar-refractivity contribution in [1.82, 2.24) is 9.78 Å². The number of hydrogen-bond acceptors (Lipinski definition) is 4. The van der Waals surface area contributed by atoms with Gasteiger partial charge in [0.25, 0.3) is 0 Å². The maximum atomic E-state index is 9.46. The van der Waals surface area contributed by atoms with Gasteiger partial charge in [-0.2, -0.15) is 5.10 Å². The van der Waals surface area contributed by atoms with Crippen LogP contribution in [-0.4, -0.2) is 21.5 Å². The standard InChI is InChI=1S/C12H13N3O2/c13-12-10-7-17-5-4-11(10)14-15(12)8-2-1-3-9(16)6-8/h1-3,6,16H,4-5,7,13H2. The maximum absolute atomic E-state index is 9.46. The maximum Gasteiger partial charge on any atom is 0.133 e. The van der Waals surface area contributed by atoms with E-state index < -0.39 is 0 Å². The summed E-state index contributed by atoms with van der Waals surface area (Å²) < 4.78 is 7.02. The van der Waals surface area contributed by atoms with E-state index in [0.717, 1.165) is 23.4 Å². The molecular formula is C12H13N3O2. The monoisotopic (exact) mass is 231 g/mol. The summed E-state index contributed by atoms with van der Waals surface area (Å²) in [5, 5.41) is 13.9. The Morgan fingerprint density at radius 1 is 1.41 bits per heavy atom. The number of phenols is 1. The molecule has 5 nitrogen and oxygen atoms in total. The predicted octanol–water partition coefficient (Wildman–Crippen LogP) is 1.23. The lowest BCUT2D eigenvalue weighted by molar-refractivity contribution is 0.110. The Hall–Kier alpha value is -2.01. The molecule has 88 valence electrons. The van der Waals surface area contributed by atoms with Gasteiger partial charge in [0.2, 0.25) is 0 Å². The average Bonchev–Trinajstić information content (AvgIpc) is 2.68. The number of aromatic nitrogens is 2. The highest BCUT2D eigenvalue weighted by Gasteiger charge is 2.19. The van der Waals surface area contributed by atoms with Gasteiger partial charge in [0.05, 0.1) is 24.6 Å². The summed E-state index contributed by atoms with van der Waals surface area (Å²) >= 11 is 0. The number of anilines is 1. The minimum Gasteiger partial charge on any atom is -0.508 e. The first-order chi connectivity index (χ1) is 8.25. The molecule has 17 heavy (non-hydrogen) atoms. The topological polar surface area (TPSA) is 73.3 Å². The number of fused-ring (bicyclic) bond motifs is 1. The third kappa shape index (κ3) is 1.64. The molecule has 0 spiro atoms. The number of rotatable bonds is 1. The zero-order valence-corrected chi connectivity index (χ0v) is 9.26. The third-order valence-corrected chi connectivity index (χ3v) is 2.91. The first kappa shape index (κ1) is 10.2. The Balaban J connectivity index is 2.12. The van der Waals surface area contributed by atoms with Crippen LogP contribution in [0.1, 0.15) is 11.3 Å². The molecule has 2 aromatic rings. The molecule has 5 heteroatoms. The normalized spacial score (nSPS) is 14.6. The molecule has 0 fully saturated rings. The van der Waals surface area contributed by atoms with Crippen LogP contribution in [0.5, 0.6) is 5.75 Å². The molecule has 0 radical (unpaired) electrons. The molecule has 3 rings (SSSR count). The van der Waals surface area contributed by atoms with Crippen LogP contribution in [0.15, 0.2) is 24.3 Å². The van der Waals surface area contributed by atoms with E-state index in [0.29, 0.717) is 19.0 Å². The summed E-state index contributed by atoms with van der Waals surface area (Å²) in [6.45, 7) is 1.20. The van der Waals surface area contributed by atoms with Crippen molar-refractivity contribution in [3.8, 4) is 11.4 Å². The average molecular weight is 231 g/mol. The fourth-order valence-electron chi connectivity index (χ4n) is 2.03. The van der Waals surface area contributed by atoms with Gasteiger partial charge in [-0.05, 0) is 12.1 Å². The minimum atomic E-state index is 0.201. The molecule has 0 bridgehead atoms. The van der Waals surface area contributed by atoms with Gasteiger partial charge in [0, 0.05) is 18.1 Å². The molecule has 1 aliphatic heterocycles. The third-order valence-electron chi connectivity index (χ3n) is 2.91. The molecule has 0 saturated heterocycles. The highest BCUT2D eigenvalue weighted by atomic mass is 16.5. The van der Waals surface area contributed by atoms with Crippen LogP contribution in [0.4, 0.5) is 5.82 Å². The lowest BCUT2D eigenvalue weighted by Crippen LogP contribution is -2.09. The predicted molar refractivity (Wildman–Crippen MR) is 63.0 cm³/mol. The van der Waals surface area contributed by atoms with Crippen molar-refractivity contribution < 1.29 is 9.84 Å². The van der Waals surface area contributed by atoms with Gasteiger partial charge in [0.15, 0.2) is 0 Å².